The molecule has 0 unspecified atom stereocenters. The summed E-state index contributed by atoms with van der Waals surface area (Å²) in [5.41, 5.74) is 7.00. The summed E-state index contributed by atoms with van der Waals surface area (Å²) in [5.74, 6) is 1.39. The monoisotopic (exact) mass is 307 g/mol. The number of benzene rings is 1. The number of H-pyrrole nitrogens is 1. The van der Waals surface area contributed by atoms with Crippen LogP contribution in [0, 0.1) is 6.92 Å². The number of nitrogens with one attached hydrogen (secondary N) is 1. The molecular formula is C15H18ClN3O2. The third-order valence-electron chi connectivity index (χ3n) is 2.98. The van der Waals surface area contributed by atoms with Gasteiger partial charge in [0.05, 0.1) is 6.61 Å². The van der Waals surface area contributed by atoms with Crippen molar-refractivity contribution < 1.29 is 4.74 Å². The summed E-state index contributed by atoms with van der Waals surface area (Å²) in [6, 6.07) is 6.93. The van der Waals surface area contributed by atoms with Crippen molar-refractivity contribution in [1.82, 2.24) is 9.97 Å². The van der Waals surface area contributed by atoms with E-state index in [0.717, 1.165) is 11.3 Å². The van der Waals surface area contributed by atoms with E-state index in [-0.39, 0.29) is 5.56 Å². The van der Waals surface area contributed by atoms with Gasteiger partial charge in [0.2, 0.25) is 0 Å². The Bertz CT molecular complexity index is 670. The first kappa shape index (κ1) is 15.5. The van der Waals surface area contributed by atoms with Gasteiger partial charge in [-0.25, -0.2) is 4.98 Å². The fourth-order valence-corrected chi connectivity index (χ4v) is 2.22. The lowest BCUT2D eigenvalue weighted by Crippen LogP contribution is -2.17. The summed E-state index contributed by atoms with van der Waals surface area (Å²) in [4.78, 5) is 18.6. The normalized spacial score (nSPS) is 10.6. The molecule has 1 aromatic heterocycles. The second-order valence-corrected chi connectivity index (χ2v) is 5.17. The number of aromatic nitrogens is 2. The minimum Gasteiger partial charge on any atom is -0.493 e. The van der Waals surface area contributed by atoms with Crippen LogP contribution in [0.4, 0.5) is 0 Å². The van der Waals surface area contributed by atoms with Crippen molar-refractivity contribution in [3.63, 3.8) is 0 Å². The molecule has 0 bridgehead atoms. The second kappa shape index (κ2) is 7.24. The number of halogens is 1. The van der Waals surface area contributed by atoms with Crippen molar-refractivity contribution in [2.75, 3.05) is 13.2 Å². The number of nitrogens with two attached hydrogens (primary N) is 1. The zero-order valence-electron chi connectivity index (χ0n) is 11.9. The molecule has 0 saturated carbocycles. The molecule has 0 aliphatic rings. The SMILES string of the molecule is Cc1cc(Cl)ccc1OCCc1nc(CCN)cc(=O)[nH]1. The van der Waals surface area contributed by atoms with Gasteiger partial charge >= 0.3 is 0 Å². The third-order valence-corrected chi connectivity index (χ3v) is 3.21. The molecule has 0 amide bonds. The number of rotatable bonds is 6. The third kappa shape index (κ3) is 4.58. The van der Waals surface area contributed by atoms with E-state index in [9.17, 15) is 4.79 Å². The average molecular weight is 308 g/mol. The Morgan fingerprint density at radius 1 is 1.33 bits per heavy atom. The fraction of sp³-hybridized carbons (Fsp3) is 0.333. The molecule has 3 N–H and O–H groups in total. The number of ether oxygens (including phenoxy) is 1. The number of aryl methyl sites for hydroxylation is 1. The van der Waals surface area contributed by atoms with Crippen molar-refractivity contribution in [1.29, 1.82) is 0 Å². The van der Waals surface area contributed by atoms with E-state index in [1.807, 2.05) is 19.1 Å². The highest BCUT2D eigenvalue weighted by Crippen LogP contribution is 2.21. The van der Waals surface area contributed by atoms with Gasteiger partial charge in [-0.05, 0) is 37.2 Å². The minimum absolute atomic E-state index is 0.161. The van der Waals surface area contributed by atoms with Crippen LogP contribution < -0.4 is 16.0 Å². The highest BCUT2D eigenvalue weighted by atomic mass is 35.5. The van der Waals surface area contributed by atoms with E-state index in [2.05, 4.69) is 9.97 Å². The van der Waals surface area contributed by atoms with Gasteiger partial charge in [-0.2, -0.15) is 0 Å². The molecule has 0 saturated heterocycles. The molecule has 0 radical (unpaired) electrons. The number of hydrogen-bond donors (Lipinski definition) is 2. The maximum Gasteiger partial charge on any atom is 0.251 e. The number of nitrogens with zero attached hydrogens (tertiary/aromatic N) is 1. The Morgan fingerprint density at radius 2 is 2.14 bits per heavy atom. The van der Waals surface area contributed by atoms with Crippen molar-refractivity contribution in [2.45, 2.75) is 19.8 Å². The molecule has 21 heavy (non-hydrogen) atoms. The van der Waals surface area contributed by atoms with Gasteiger partial charge < -0.3 is 15.5 Å². The Balaban J connectivity index is 1.98. The summed E-state index contributed by atoms with van der Waals surface area (Å²) in [6.45, 7) is 2.83. The van der Waals surface area contributed by atoms with E-state index < -0.39 is 0 Å². The maximum absolute atomic E-state index is 11.5. The largest absolute Gasteiger partial charge is 0.493 e. The van der Waals surface area contributed by atoms with E-state index in [1.54, 1.807) is 6.07 Å². The molecule has 0 atom stereocenters. The first-order chi connectivity index (χ1) is 10.1. The van der Waals surface area contributed by atoms with Crippen LogP contribution in [0.15, 0.2) is 29.1 Å². The van der Waals surface area contributed by atoms with Crippen LogP contribution in [0.5, 0.6) is 5.75 Å². The molecule has 2 rings (SSSR count). The molecule has 1 heterocycles. The highest BCUT2D eigenvalue weighted by molar-refractivity contribution is 6.30. The lowest BCUT2D eigenvalue weighted by atomic mass is 10.2. The van der Waals surface area contributed by atoms with Gasteiger partial charge in [0.1, 0.15) is 11.6 Å². The van der Waals surface area contributed by atoms with Crippen LogP contribution in [0.3, 0.4) is 0 Å². The van der Waals surface area contributed by atoms with Crippen molar-refractivity contribution >= 4 is 11.6 Å². The van der Waals surface area contributed by atoms with Gasteiger partial charge in [-0.1, -0.05) is 11.6 Å². The van der Waals surface area contributed by atoms with Crippen LogP contribution >= 0.6 is 11.6 Å². The Hall–Kier alpha value is -1.85. The summed E-state index contributed by atoms with van der Waals surface area (Å²) in [7, 11) is 0. The fourth-order valence-electron chi connectivity index (χ4n) is 1.99. The van der Waals surface area contributed by atoms with Crippen LogP contribution in [0.25, 0.3) is 0 Å². The van der Waals surface area contributed by atoms with Gasteiger partial charge in [0.15, 0.2) is 0 Å². The summed E-state index contributed by atoms with van der Waals surface area (Å²) in [5, 5.41) is 0.681. The summed E-state index contributed by atoms with van der Waals surface area (Å²) >= 11 is 5.90. The second-order valence-electron chi connectivity index (χ2n) is 4.73. The van der Waals surface area contributed by atoms with Crippen molar-refractivity contribution in [3.8, 4) is 5.75 Å². The Morgan fingerprint density at radius 3 is 2.86 bits per heavy atom. The smallest absolute Gasteiger partial charge is 0.251 e. The van der Waals surface area contributed by atoms with Gasteiger partial charge in [-0.3, -0.25) is 4.79 Å². The van der Waals surface area contributed by atoms with E-state index >= 15 is 0 Å². The van der Waals surface area contributed by atoms with Crippen molar-refractivity contribution in [2.24, 2.45) is 5.73 Å². The van der Waals surface area contributed by atoms with Crippen LogP contribution in [-0.4, -0.2) is 23.1 Å². The average Bonchev–Trinajstić information content (AvgIpc) is 2.41. The minimum atomic E-state index is -0.161. The molecular weight excluding hydrogens is 290 g/mol. The standard InChI is InChI=1S/C15H18ClN3O2/c1-10-8-11(16)2-3-13(10)21-7-5-14-18-12(4-6-17)9-15(20)19-14/h2-3,8-9H,4-7,17H2,1H3,(H,18,19,20). The summed E-state index contributed by atoms with van der Waals surface area (Å²) < 4.78 is 5.69. The first-order valence-corrected chi connectivity index (χ1v) is 7.14. The van der Waals surface area contributed by atoms with Gasteiger partial charge in [-0.15, -0.1) is 0 Å². The number of aromatic amines is 1. The molecule has 1 aromatic carbocycles. The quantitative estimate of drug-likeness (QED) is 0.853. The van der Waals surface area contributed by atoms with Gasteiger partial charge in [0, 0.05) is 29.6 Å². The molecule has 2 aromatic rings. The first-order valence-electron chi connectivity index (χ1n) is 6.76. The lowest BCUT2D eigenvalue weighted by molar-refractivity contribution is 0.316. The zero-order chi connectivity index (χ0) is 15.2. The van der Waals surface area contributed by atoms with Crippen LogP contribution in [0.1, 0.15) is 17.1 Å². The predicted octanol–water partition coefficient (Wildman–Crippen LogP) is 1.85. The zero-order valence-corrected chi connectivity index (χ0v) is 12.6. The Kier molecular flexibility index (Phi) is 5.36. The van der Waals surface area contributed by atoms with Gasteiger partial charge in [0.25, 0.3) is 5.56 Å². The van der Waals surface area contributed by atoms with E-state index in [1.165, 1.54) is 6.07 Å². The number of hydrogen-bond acceptors (Lipinski definition) is 4. The predicted molar refractivity (Wildman–Crippen MR) is 83.0 cm³/mol. The molecule has 0 spiro atoms. The topological polar surface area (TPSA) is 81.0 Å². The van der Waals surface area contributed by atoms with Crippen molar-refractivity contribution in [3.05, 3.63) is 56.7 Å². The van der Waals surface area contributed by atoms with Crippen LogP contribution in [0.2, 0.25) is 5.02 Å². The van der Waals surface area contributed by atoms with E-state index in [4.69, 9.17) is 22.1 Å². The molecule has 0 fully saturated rings. The molecule has 6 heteroatoms. The molecule has 5 nitrogen and oxygen atoms in total. The Labute approximate surface area is 128 Å². The van der Waals surface area contributed by atoms with Crippen LogP contribution in [-0.2, 0) is 12.8 Å². The van der Waals surface area contributed by atoms with E-state index in [0.29, 0.717) is 42.5 Å². The summed E-state index contributed by atoms with van der Waals surface area (Å²) in [6.07, 6.45) is 1.11. The lowest BCUT2D eigenvalue weighted by Gasteiger charge is -2.09. The molecule has 0 aliphatic heterocycles. The maximum atomic E-state index is 11.5. The highest BCUT2D eigenvalue weighted by Gasteiger charge is 2.04. The molecule has 0 aliphatic carbocycles. The molecule has 112 valence electrons.